The minimum Gasteiger partial charge on any atom is -0.329 e. The number of halogens is 1. The van der Waals surface area contributed by atoms with Crippen molar-refractivity contribution in [3.05, 3.63) is 22.8 Å². The summed E-state index contributed by atoms with van der Waals surface area (Å²) >= 11 is 6.10. The Kier molecular flexibility index (Phi) is 3.69. The Balaban J connectivity index is 1.81. The van der Waals surface area contributed by atoms with Crippen LogP contribution in [0.15, 0.2) is 12.1 Å². The number of carbonyl (C=O) groups is 2. The van der Waals surface area contributed by atoms with Gasteiger partial charge in [0.15, 0.2) is 0 Å². The van der Waals surface area contributed by atoms with Crippen LogP contribution in [0.2, 0.25) is 5.02 Å². The second-order valence-electron chi connectivity index (χ2n) is 5.21. The third-order valence-electron chi connectivity index (χ3n) is 3.90. The molecule has 112 valence electrons. The van der Waals surface area contributed by atoms with Crippen LogP contribution in [0, 0.1) is 0 Å². The van der Waals surface area contributed by atoms with Gasteiger partial charge in [-0.3, -0.25) is 9.59 Å². The van der Waals surface area contributed by atoms with Gasteiger partial charge in [0, 0.05) is 6.54 Å². The molecule has 0 radical (unpaired) electrons. The van der Waals surface area contributed by atoms with Gasteiger partial charge in [0.05, 0.1) is 17.3 Å². The maximum absolute atomic E-state index is 12.4. The van der Waals surface area contributed by atoms with Gasteiger partial charge in [-0.1, -0.05) is 11.6 Å². The van der Waals surface area contributed by atoms with Crippen LogP contribution in [-0.4, -0.2) is 45.7 Å². The number of rotatable bonds is 3. The number of nitrogens with one attached hydrogen (secondary N) is 1. The molecule has 1 unspecified atom stereocenters. The van der Waals surface area contributed by atoms with Gasteiger partial charge in [-0.25, -0.2) is 10.8 Å². The lowest BCUT2D eigenvalue weighted by atomic mass is 10.1. The number of anilines is 1. The maximum Gasteiger partial charge on any atom is 0.246 e. The molecule has 21 heavy (non-hydrogen) atoms. The molecule has 0 aromatic carbocycles. The van der Waals surface area contributed by atoms with Gasteiger partial charge in [0.1, 0.15) is 18.4 Å². The average molecular weight is 310 g/mol. The number of carbonyl (C=O) groups excluding carboxylic acids is 2. The Hall–Kier alpha value is -1.86. The summed E-state index contributed by atoms with van der Waals surface area (Å²) in [5.74, 6) is 5.75. The Labute approximate surface area is 127 Å². The first kappa shape index (κ1) is 14.1. The standard InChI is InChI=1S/C13H16ClN5O2/c14-8-3-4-11(17-15)16-9(8)6-18-7-12(20)19-5-1-2-10(19)13(18)21/h3-4,10H,1-2,5-7,15H2,(H,16,17). The van der Waals surface area contributed by atoms with Crippen LogP contribution in [0.1, 0.15) is 18.5 Å². The second kappa shape index (κ2) is 5.50. The van der Waals surface area contributed by atoms with Crippen molar-refractivity contribution in [1.82, 2.24) is 14.8 Å². The van der Waals surface area contributed by atoms with Gasteiger partial charge in [-0.2, -0.15) is 0 Å². The number of fused-ring (bicyclic) bond motifs is 1. The number of nitrogen functional groups attached to an aromatic ring is 1. The molecule has 0 bridgehead atoms. The molecule has 1 aromatic heterocycles. The largest absolute Gasteiger partial charge is 0.329 e. The number of pyridine rings is 1. The van der Waals surface area contributed by atoms with Crippen molar-refractivity contribution in [3.8, 4) is 0 Å². The molecule has 3 heterocycles. The molecular weight excluding hydrogens is 294 g/mol. The van der Waals surface area contributed by atoms with Crippen LogP contribution < -0.4 is 11.3 Å². The summed E-state index contributed by atoms with van der Waals surface area (Å²) < 4.78 is 0. The van der Waals surface area contributed by atoms with Crippen molar-refractivity contribution in [1.29, 1.82) is 0 Å². The number of amides is 2. The van der Waals surface area contributed by atoms with Crippen LogP contribution in [0.5, 0.6) is 0 Å². The minimum absolute atomic E-state index is 0.0127. The maximum atomic E-state index is 12.4. The summed E-state index contributed by atoms with van der Waals surface area (Å²) in [4.78, 5) is 32.0. The molecule has 2 aliphatic rings. The minimum atomic E-state index is -0.319. The molecule has 2 fully saturated rings. The summed E-state index contributed by atoms with van der Waals surface area (Å²) in [6.07, 6.45) is 1.61. The molecular formula is C13H16ClN5O2. The van der Waals surface area contributed by atoms with Crippen molar-refractivity contribution in [3.63, 3.8) is 0 Å². The summed E-state index contributed by atoms with van der Waals surface area (Å²) in [7, 11) is 0. The smallest absolute Gasteiger partial charge is 0.246 e. The van der Waals surface area contributed by atoms with Gasteiger partial charge in [-0.15, -0.1) is 0 Å². The highest BCUT2D eigenvalue weighted by Crippen LogP contribution is 2.26. The fraction of sp³-hybridized carbons (Fsp3) is 0.462. The van der Waals surface area contributed by atoms with Gasteiger partial charge in [0.25, 0.3) is 0 Å². The molecule has 1 atom stereocenters. The number of nitrogens with zero attached hydrogens (tertiary/aromatic N) is 3. The van der Waals surface area contributed by atoms with Crippen LogP contribution in [-0.2, 0) is 16.1 Å². The molecule has 7 nitrogen and oxygen atoms in total. The molecule has 0 saturated carbocycles. The Morgan fingerprint density at radius 3 is 3.00 bits per heavy atom. The van der Waals surface area contributed by atoms with Crippen LogP contribution in [0.4, 0.5) is 5.82 Å². The lowest BCUT2D eigenvalue weighted by Crippen LogP contribution is -2.56. The monoisotopic (exact) mass is 309 g/mol. The van der Waals surface area contributed by atoms with E-state index < -0.39 is 0 Å². The molecule has 0 spiro atoms. The number of hydrogen-bond acceptors (Lipinski definition) is 5. The normalized spacial score (nSPS) is 21.7. The van der Waals surface area contributed by atoms with E-state index in [4.69, 9.17) is 17.4 Å². The van der Waals surface area contributed by atoms with Crippen LogP contribution >= 0.6 is 11.6 Å². The third kappa shape index (κ3) is 2.54. The lowest BCUT2D eigenvalue weighted by molar-refractivity contribution is -0.154. The predicted molar refractivity (Wildman–Crippen MR) is 77.2 cm³/mol. The number of aromatic nitrogens is 1. The zero-order valence-electron chi connectivity index (χ0n) is 11.4. The zero-order chi connectivity index (χ0) is 15.0. The van der Waals surface area contributed by atoms with E-state index in [9.17, 15) is 9.59 Å². The van der Waals surface area contributed by atoms with Gasteiger partial charge >= 0.3 is 0 Å². The summed E-state index contributed by atoms with van der Waals surface area (Å²) in [6, 6.07) is 2.99. The second-order valence-corrected chi connectivity index (χ2v) is 5.62. The van der Waals surface area contributed by atoms with Crippen molar-refractivity contribution in [2.24, 2.45) is 5.84 Å². The van der Waals surface area contributed by atoms with E-state index >= 15 is 0 Å². The van der Waals surface area contributed by atoms with E-state index in [2.05, 4.69) is 10.4 Å². The first-order valence-corrected chi connectivity index (χ1v) is 7.18. The average Bonchev–Trinajstić information content (AvgIpc) is 2.97. The Morgan fingerprint density at radius 2 is 2.24 bits per heavy atom. The van der Waals surface area contributed by atoms with E-state index in [1.54, 1.807) is 17.0 Å². The quantitative estimate of drug-likeness (QED) is 0.621. The van der Waals surface area contributed by atoms with Crippen molar-refractivity contribution >= 4 is 29.2 Å². The molecule has 3 N–H and O–H groups in total. The van der Waals surface area contributed by atoms with Crippen LogP contribution in [0.25, 0.3) is 0 Å². The number of nitrogens with two attached hydrogens (primary N) is 1. The van der Waals surface area contributed by atoms with E-state index in [1.807, 2.05) is 0 Å². The van der Waals surface area contributed by atoms with Gasteiger partial charge in [-0.05, 0) is 25.0 Å². The fourth-order valence-corrected chi connectivity index (χ4v) is 3.02. The van der Waals surface area contributed by atoms with E-state index in [0.717, 1.165) is 12.8 Å². The number of hydrazine groups is 1. The highest BCUT2D eigenvalue weighted by atomic mass is 35.5. The fourth-order valence-electron chi connectivity index (χ4n) is 2.85. The Bertz CT molecular complexity index is 594. The first-order chi connectivity index (χ1) is 10.1. The Morgan fingerprint density at radius 1 is 1.43 bits per heavy atom. The van der Waals surface area contributed by atoms with Gasteiger partial charge in [0.2, 0.25) is 11.8 Å². The summed E-state index contributed by atoms with van der Waals surface area (Å²) in [6.45, 7) is 0.964. The number of hydrogen-bond donors (Lipinski definition) is 2. The summed E-state index contributed by atoms with van der Waals surface area (Å²) in [5.41, 5.74) is 2.97. The van der Waals surface area contributed by atoms with Crippen molar-refractivity contribution in [2.75, 3.05) is 18.5 Å². The predicted octanol–water partition coefficient (Wildman–Crippen LogP) is 0.354. The molecule has 1 aromatic rings. The van der Waals surface area contributed by atoms with E-state index in [0.29, 0.717) is 23.1 Å². The lowest BCUT2D eigenvalue weighted by Gasteiger charge is -2.36. The molecule has 2 aliphatic heterocycles. The van der Waals surface area contributed by atoms with E-state index in [1.165, 1.54) is 4.90 Å². The van der Waals surface area contributed by atoms with E-state index in [-0.39, 0.29) is 30.9 Å². The van der Waals surface area contributed by atoms with Crippen LogP contribution in [0.3, 0.4) is 0 Å². The molecule has 8 heteroatoms. The third-order valence-corrected chi connectivity index (χ3v) is 4.25. The SMILES string of the molecule is NNc1ccc(Cl)c(CN2CC(=O)N3CCCC3C2=O)n1. The molecule has 2 saturated heterocycles. The zero-order valence-corrected chi connectivity index (χ0v) is 12.1. The molecule has 3 rings (SSSR count). The topological polar surface area (TPSA) is 91.6 Å². The molecule has 2 amide bonds. The van der Waals surface area contributed by atoms with Crippen molar-refractivity contribution < 1.29 is 9.59 Å². The first-order valence-electron chi connectivity index (χ1n) is 6.80. The summed E-state index contributed by atoms with van der Waals surface area (Å²) in [5, 5.41) is 0.447. The highest BCUT2D eigenvalue weighted by molar-refractivity contribution is 6.31. The number of piperazine rings is 1. The highest BCUT2D eigenvalue weighted by Gasteiger charge is 2.41. The molecule has 0 aliphatic carbocycles. The van der Waals surface area contributed by atoms with Crippen molar-refractivity contribution in [2.45, 2.75) is 25.4 Å². The van der Waals surface area contributed by atoms with Gasteiger partial charge < -0.3 is 15.2 Å².